The molecule has 5 heteroatoms. The van der Waals surface area contributed by atoms with E-state index in [1.54, 1.807) is 6.92 Å². The fourth-order valence-corrected chi connectivity index (χ4v) is 1.56. The van der Waals surface area contributed by atoms with Gasteiger partial charge in [-0.05, 0) is 37.2 Å². The first-order valence-corrected chi connectivity index (χ1v) is 5.90. The molecule has 0 saturated heterocycles. The summed E-state index contributed by atoms with van der Waals surface area (Å²) in [5.74, 6) is 0. The van der Waals surface area contributed by atoms with Gasteiger partial charge in [-0.25, -0.2) is 4.79 Å². The number of hydrogen-bond donors (Lipinski definition) is 2. The Bertz CT molecular complexity index is 407. The zero-order valence-electron chi connectivity index (χ0n) is 9.95. The predicted octanol–water partition coefficient (Wildman–Crippen LogP) is 2.69. The Hall–Kier alpha value is -1.62. The van der Waals surface area contributed by atoms with Crippen molar-refractivity contribution in [2.45, 2.75) is 20.3 Å². The van der Waals surface area contributed by atoms with Gasteiger partial charge >= 0.3 is 6.09 Å². The van der Waals surface area contributed by atoms with Crippen LogP contribution in [-0.2, 0) is 11.2 Å². The molecule has 0 radical (unpaired) electrons. The molecule has 1 rings (SSSR count). The molecule has 0 aliphatic heterocycles. The number of para-hydroxylation sites is 1. The first-order chi connectivity index (χ1) is 8.17. The molecule has 0 saturated carbocycles. The van der Waals surface area contributed by atoms with Gasteiger partial charge in [0.2, 0.25) is 0 Å². The number of alkyl carbamates (subject to hydrolysis) is 1. The molecule has 0 fully saturated rings. The second kappa shape index (κ2) is 6.85. The van der Waals surface area contributed by atoms with Gasteiger partial charge in [0, 0.05) is 5.69 Å². The van der Waals surface area contributed by atoms with Gasteiger partial charge in [-0.1, -0.05) is 25.1 Å². The number of benzene rings is 1. The first kappa shape index (κ1) is 13.4. The van der Waals surface area contributed by atoms with Crippen molar-refractivity contribution < 1.29 is 9.53 Å². The standard InChI is InChI=1S/C12H16N2O2S/c1-3-9-7-5-6-8-10(9)13-11(17)14-12(15)16-4-2/h5-8H,3-4H2,1-2H3,(H2,13,14,15,17). The summed E-state index contributed by atoms with van der Waals surface area (Å²) in [7, 11) is 0. The van der Waals surface area contributed by atoms with E-state index < -0.39 is 6.09 Å². The molecule has 1 aromatic carbocycles. The Morgan fingerprint density at radius 3 is 2.71 bits per heavy atom. The van der Waals surface area contributed by atoms with Gasteiger partial charge in [0.15, 0.2) is 5.11 Å². The number of carbonyl (C=O) groups excluding carboxylic acids is 1. The minimum absolute atomic E-state index is 0.240. The Morgan fingerprint density at radius 1 is 1.35 bits per heavy atom. The molecule has 0 atom stereocenters. The Labute approximate surface area is 106 Å². The van der Waals surface area contributed by atoms with Gasteiger partial charge in [0.05, 0.1) is 6.61 Å². The monoisotopic (exact) mass is 252 g/mol. The highest BCUT2D eigenvalue weighted by molar-refractivity contribution is 7.80. The van der Waals surface area contributed by atoms with Crippen LogP contribution in [0.1, 0.15) is 19.4 Å². The van der Waals surface area contributed by atoms with E-state index in [-0.39, 0.29) is 5.11 Å². The predicted molar refractivity (Wildman–Crippen MR) is 72.2 cm³/mol. The van der Waals surface area contributed by atoms with Gasteiger partial charge in [0.25, 0.3) is 0 Å². The number of ether oxygens (including phenoxy) is 1. The maximum atomic E-state index is 11.1. The molecule has 1 aromatic rings. The molecule has 0 aromatic heterocycles. The molecule has 2 N–H and O–H groups in total. The molecule has 0 unspecified atom stereocenters. The van der Waals surface area contributed by atoms with Crippen LogP contribution in [0.5, 0.6) is 0 Å². The second-order valence-corrected chi connectivity index (χ2v) is 3.72. The molecule has 0 aliphatic carbocycles. The van der Waals surface area contributed by atoms with E-state index in [1.807, 2.05) is 24.3 Å². The van der Waals surface area contributed by atoms with Crippen molar-refractivity contribution in [2.75, 3.05) is 11.9 Å². The zero-order valence-corrected chi connectivity index (χ0v) is 10.8. The van der Waals surface area contributed by atoms with Crippen molar-refractivity contribution in [1.82, 2.24) is 5.32 Å². The molecular weight excluding hydrogens is 236 g/mol. The van der Waals surface area contributed by atoms with Gasteiger partial charge in [-0.2, -0.15) is 0 Å². The van der Waals surface area contributed by atoms with E-state index in [2.05, 4.69) is 17.6 Å². The fourth-order valence-electron chi connectivity index (χ4n) is 1.36. The normalized spacial score (nSPS) is 9.53. The minimum atomic E-state index is -0.543. The van der Waals surface area contributed by atoms with E-state index in [0.29, 0.717) is 6.61 Å². The van der Waals surface area contributed by atoms with Crippen LogP contribution in [0.15, 0.2) is 24.3 Å². The Balaban J connectivity index is 2.59. The topological polar surface area (TPSA) is 50.4 Å². The van der Waals surface area contributed by atoms with Crippen LogP contribution in [0, 0.1) is 0 Å². The largest absolute Gasteiger partial charge is 0.450 e. The van der Waals surface area contributed by atoms with Crippen molar-refractivity contribution >= 4 is 29.1 Å². The number of carbonyl (C=O) groups is 1. The van der Waals surface area contributed by atoms with Crippen LogP contribution < -0.4 is 10.6 Å². The van der Waals surface area contributed by atoms with Crippen LogP contribution in [-0.4, -0.2) is 17.8 Å². The maximum absolute atomic E-state index is 11.1. The highest BCUT2D eigenvalue weighted by Gasteiger charge is 2.06. The van der Waals surface area contributed by atoms with Crippen molar-refractivity contribution in [3.8, 4) is 0 Å². The lowest BCUT2D eigenvalue weighted by Crippen LogP contribution is -2.34. The van der Waals surface area contributed by atoms with Crippen molar-refractivity contribution in [1.29, 1.82) is 0 Å². The fraction of sp³-hybridized carbons (Fsp3) is 0.333. The number of amides is 1. The Morgan fingerprint density at radius 2 is 2.06 bits per heavy atom. The smallest absolute Gasteiger partial charge is 0.413 e. The quantitative estimate of drug-likeness (QED) is 0.812. The van der Waals surface area contributed by atoms with Gasteiger partial charge < -0.3 is 10.1 Å². The number of anilines is 1. The molecule has 0 aliphatic rings. The van der Waals surface area contributed by atoms with E-state index >= 15 is 0 Å². The van der Waals surface area contributed by atoms with Crippen molar-refractivity contribution in [2.24, 2.45) is 0 Å². The lowest BCUT2D eigenvalue weighted by molar-refractivity contribution is 0.158. The summed E-state index contributed by atoms with van der Waals surface area (Å²) in [6.07, 6.45) is 0.351. The van der Waals surface area contributed by atoms with Crippen LogP contribution in [0.4, 0.5) is 10.5 Å². The molecule has 0 spiro atoms. The van der Waals surface area contributed by atoms with Gasteiger partial charge in [-0.3, -0.25) is 5.32 Å². The molecule has 4 nitrogen and oxygen atoms in total. The third-order valence-corrected chi connectivity index (χ3v) is 2.34. The van der Waals surface area contributed by atoms with E-state index in [4.69, 9.17) is 17.0 Å². The third-order valence-electron chi connectivity index (χ3n) is 2.14. The van der Waals surface area contributed by atoms with Crippen LogP contribution in [0.25, 0.3) is 0 Å². The maximum Gasteiger partial charge on any atom is 0.413 e. The average molecular weight is 252 g/mol. The molecule has 1 amide bonds. The van der Waals surface area contributed by atoms with Crippen molar-refractivity contribution in [3.63, 3.8) is 0 Å². The SMILES string of the molecule is CCOC(=O)NC(=S)Nc1ccccc1CC. The van der Waals surface area contributed by atoms with E-state index in [0.717, 1.165) is 17.7 Å². The van der Waals surface area contributed by atoms with Crippen molar-refractivity contribution in [3.05, 3.63) is 29.8 Å². The number of hydrogen-bond acceptors (Lipinski definition) is 3. The summed E-state index contributed by atoms with van der Waals surface area (Å²) < 4.78 is 4.73. The van der Waals surface area contributed by atoms with E-state index in [9.17, 15) is 4.79 Å². The second-order valence-electron chi connectivity index (χ2n) is 3.31. The number of thiocarbonyl (C=S) groups is 1. The molecule has 0 bridgehead atoms. The molecule has 0 heterocycles. The zero-order chi connectivity index (χ0) is 12.7. The molecular formula is C12H16N2O2S. The summed E-state index contributed by atoms with van der Waals surface area (Å²) in [5, 5.41) is 5.65. The first-order valence-electron chi connectivity index (χ1n) is 5.50. The number of aryl methyl sites for hydroxylation is 1. The average Bonchev–Trinajstić information content (AvgIpc) is 2.29. The lowest BCUT2D eigenvalue weighted by atomic mass is 10.1. The minimum Gasteiger partial charge on any atom is -0.450 e. The van der Waals surface area contributed by atoms with Crippen LogP contribution in [0.2, 0.25) is 0 Å². The number of nitrogens with one attached hydrogen (secondary N) is 2. The lowest BCUT2D eigenvalue weighted by Gasteiger charge is -2.12. The molecule has 17 heavy (non-hydrogen) atoms. The van der Waals surface area contributed by atoms with Crippen LogP contribution in [0.3, 0.4) is 0 Å². The summed E-state index contributed by atoms with van der Waals surface area (Å²) in [6.45, 7) is 4.12. The highest BCUT2D eigenvalue weighted by Crippen LogP contribution is 2.14. The highest BCUT2D eigenvalue weighted by atomic mass is 32.1. The summed E-state index contributed by atoms with van der Waals surface area (Å²) in [4.78, 5) is 11.1. The van der Waals surface area contributed by atoms with Gasteiger partial charge in [0.1, 0.15) is 0 Å². The van der Waals surface area contributed by atoms with E-state index in [1.165, 1.54) is 0 Å². The Kier molecular flexibility index (Phi) is 5.42. The van der Waals surface area contributed by atoms with Crippen LogP contribution >= 0.6 is 12.2 Å². The summed E-state index contributed by atoms with van der Waals surface area (Å²) in [5.41, 5.74) is 2.04. The number of rotatable bonds is 3. The summed E-state index contributed by atoms with van der Waals surface area (Å²) >= 11 is 5.01. The molecule has 92 valence electrons. The summed E-state index contributed by atoms with van der Waals surface area (Å²) in [6, 6.07) is 7.80. The van der Waals surface area contributed by atoms with Gasteiger partial charge in [-0.15, -0.1) is 0 Å². The third kappa shape index (κ3) is 4.40.